The van der Waals surface area contributed by atoms with Crippen LogP contribution in [-0.4, -0.2) is 40.1 Å². The van der Waals surface area contributed by atoms with Crippen LogP contribution >= 0.6 is 11.3 Å². The summed E-state index contributed by atoms with van der Waals surface area (Å²) in [5.74, 6) is 0.331. The Kier molecular flexibility index (Phi) is 4.14. The number of aryl methyl sites for hydroxylation is 1. The number of hydrogen-bond acceptors (Lipinski definition) is 4. The Morgan fingerprint density at radius 1 is 1.72 bits per heavy atom. The van der Waals surface area contributed by atoms with Gasteiger partial charge in [0.25, 0.3) is 0 Å². The van der Waals surface area contributed by atoms with Gasteiger partial charge in [0.15, 0.2) is 0 Å². The van der Waals surface area contributed by atoms with E-state index < -0.39 is 0 Å². The topological polar surface area (TPSA) is 53.4 Å². The van der Waals surface area contributed by atoms with Crippen molar-refractivity contribution in [2.24, 2.45) is 5.92 Å². The van der Waals surface area contributed by atoms with E-state index in [2.05, 4.69) is 11.9 Å². The molecule has 1 aliphatic heterocycles. The van der Waals surface area contributed by atoms with Crippen LogP contribution in [0.5, 0.6) is 0 Å². The molecule has 1 aromatic rings. The molecule has 0 aromatic carbocycles. The Morgan fingerprint density at radius 2 is 2.50 bits per heavy atom. The van der Waals surface area contributed by atoms with Crippen molar-refractivity contribution in [3.8, 4) is 0 Å². The highest BCUT2D eigenvalue weighted by Gasteiger charge is 2.32. The van der Waals surface area contributed by atoms with Crippen LogP contribution in [0.15, 0.2) is 11.5 Å². The van der Waals surface area contributed by atoms with Crippen molar-refractivity contribution in [3.05, 3.63) is 22.2 Å². The first-order chi connectivity index (χ1) is 8.61. The molecule has 1 amide bonds. The molecular formula is C13H18N2O2S. The summed E-state index contributed by atoms with van der Waals surface area (Å²) < 4.78 is 0. The van der Waals surface area contributed by atoms with Crippen molar-refractivity contribution in [2.45, 2.75) is 26.3 Å². The summed E-state index contributed by atoms with van der Waals surface area (Å²) in [6.07, 6.45) is 4.25. The average Bonchev–Trinajstić information content (AvgIpc) is 2.92. The predicted octanol–water partition coefficient (Wildman–Crippen LogP) is 1.69. The fourth-order valence-corrected chi connectivity index (χ4v) is 2.85. The molecule has 0 aliphatic carbocycles. The van der Waals surface area contributed by atoms with Gasteiger partial charge in [0.2, 0.25) is 5.91 Å². The molecule has 1 saturated heterocycles. The van der Waals surface area contributed by atoms with Gasteiger partial charge in [-0.1, -0.05) is 6.92 Å². The maximum absolute atomic E-state index is 12.0. The Morgan fingerprint density at radius 3 is 3.11 bits per heavy atom. The lowest BCUT2D eigenvalue weighted by molar-refractivity contribution is -0.127. The van der Waals surface area contributed by atoms with Gasteiger partial charge in [-0.2, -0.15) is 0 Å². The van der Waals surface area contributed by atoms with Crippen LogP contribution in [-0.2, 0) is 4.79 Å². The van der Waals surface area contributed by atoms with E-state index in [1.54, 1.807) is 28.4 Å². The highest BCUT2D eigenvalue weighted by Crippen LogP contribution is 2.23. The molecular weight excluding hydrogens is 248 g/mol. The van der Waals surface area contributed by atoms with Crippen LogP contribution in [0.2, 0.25) is 0 Å². The minimum absolute atomic E-state index is 0.0379. The summed E-state index contributed by atoms with van der Waals surface area (Å²) >= 11 is 1.57. The van der Waals surface area contributed by atoms with E-state index in [4.69, 9.17) is 0 Å². The summed E-state index contributed by atoms with van der Waals surface area (Å²) in [5.41, 5.74) is 0.818. The monoisotopic (exact) mass is 266 g/mol. The van der Waals surface area contributed by atoms with Crippen molar-refractivity contribution in [1.29, 1.82) is 0 Å². The van der Waals surface area contributed by atoms with E-state index in [9.17, 15) is 9.90 Å². The van der Waals surface area contributed by atoms with Crippen molar-refractivity contribution >= 4 is 23.3 Å². The van der Waals surface area contributed by atoms with Crippen LogP contribution in [0.1, 0.15) is 24.0 Å². The van der Waals surface area contributed by atoms with E-state index in [0.29, 0.717) is 5.92 Å². The minimum atomic E-state index is -0.0423. The maximum atomic E-state index is 12.0. The Balaban J connectivity index is 2.01. The number of thiazole rings is 1. The van der Waals surface area contributed by atoms with Gasteiger partial charge in [-0.3, -0.25) is 4.79 Å². The zero-order valence-electron chi connectivity index (χ0n) is 10.7. The number of aliphatic hydroxyl groups excluding tert-OH is 1. The average molecular weight is 266 g/mol. The van der Waals surface area contributed by atoms with E-state index >= 15 is 0 Å². The van der Waals surface area contributed by atoms with Crippen LogP contribution in [0.4, 0.5) is 0 Å². The molecule has 1 N–H and O–H groups in total. The van der Waals surface area contributed by atoms with E-state index in [-0.39, 0.29) is 18.6 Å². The molecule has 5 heteroatoms. The quantitative estimate of drug-likeness (QED) is 0.847. The highest BCUT2D eigenvalue weighted by atomic mass is 32.1. The van der Waals surface area contributed by atoms with Gasteiger partial charge in [0, 0.05) is 18.0 Å². The van der Waals surface area contributed by atoms with Crippen LogP contribution in [0.3, 0.4) is 0 Å². The Hall–Kier alpha value is -1.20. The lowest BCUT2D eigenvalue weighted by Crippen LogP contribution is -2.38. The zero-order valence-corrected chi connectivity index (χ0v) is 11.5. The van der Waals surface area contributed by atoms with Gasteiger partial charge in [0.05, 0.1) is 23.4 Å². The molecule has 0 spiro atoms. The summed E-state index contributed by atoms with van der Waals surface area (Å²) in [6.45, 7) is 4.78. The number of carbonyl (C=O) groups excluding carboxylic acids is 1. The first-order valence-corrected chi connectivity index (χ1v) is 7.01. The molecule has 98 valence electrons. The normalized spacial score (nSPS) is 24.1. The third-order valence-electron chi connectivity index (χ3n) is 3.39. The molecule has 18 heavy (non-hydrogen) atoms. The Labute approximate surface area is 111 Å². The van der Waals surface area contributed by atoms with E-state index in [0.717, 1.165) is 23.7 Å². The molecule has 1 aliphatic rings. The van der Waals surface area contributed by atoms with Gasteiger partial charge >= 0.3 is 0 Å². The third kappa shape index (κ3) is 2.79. The number of nitrogens with zero attached hydrogens (tertiary/aromatic N) is 2. The first kappa shape index (κ1) is 13.2. The van der Waals surface area contributed by atoms with Gasteiger partial charge in [-0.15, -0.1) is 11.3 Å². The molecule has 0 saturated carbocycles. The largest absolute Gasteiger partial charge is 0.394 e. The van der Waals surface area contributed by atoms with E-state index in [1.807, 2.05) is 12.3 Å². The molecule has 0 bridgehead atoms. The number of aromatic nitrogens is 1. The lowest BCUT2D eigenvalue weighted by atomic mass is 10.0. The Bertz CT molecular complexity index is 456. The maximum Gasteiger partial charge on any atom is 0.246 e. The molecule has 0 radical (unpaired) electrons. The summed E-state index contributed by atoms with van der Waals surface area (Å²) in [6, 6.07) is -0.0423. The number of hydrogen-bond donors (Lipinski definition) is 1. The lowest BCUT2D eigenvalue weighted by Gasteiger charge is -2.23. The number of aliphatic hydroxyl groups is 1. The second kappa shape index (κ2) is 5.63. The van der Waals surface area contributed by atoms with Gasteiger partial charge in [0.1, 0.15) is 0 Å². The summed E-state index contributed by atoms with van der Waals surface area (Å²) in [4.78, 5) is 18.1. The molecule has 2 atom stereocenters. The predicted molar refractivity (Wildman–Crippen MR) is 72.3 cm³/mol. The van der Waals surface area contributed by atoms with Gasteiger partial charge in [-0.25, -0.2) is 4.98 Å². The fourth-order valence-electron chi connectivity index (χ4n) is 2.27. The van der Waals surface area contributed by atoms with Crippen molar-refractivity contribution in [3.63, 3.8) is 0 Å². The molecule has 2 rings (SSSR count). The van der Waals surface area contributed by atoms with Crippen LogP contribution in [0, 0.1) is 12.8 Å². The SMILES string of the molecule is Cc1nc(/C=C/C(=O)N2CCC(C)C2CO)cs1. The standard InChI is InChI=1S/C13H18N2O2S/c1-9-5-6-15(12(9)7-16)13(17)4-3-11-8-18-10(2)14-11/h3-4,8-9,12,16H,5-7H2,1-2H3/b4-3+. The smallest absolute Gasteiger partial charge is 0.246 e. The second-order valence-corrected chi connectivity index (χ2v) is 5.73. The minimum Gasteiger partial charge on any atom is -0.394 e. The van der Waals surface area contributed by atoms with Crippen molar-refractivity contribution in [1.82, 2.24) is 9.88 Å². The van der Waals surface area contributed by atoms with Gasteiger partial charge < -0.3 is 10.0 Å². The van der Waals surface area contributed by atoms with Gasteiger partial charge in [-0.05, 0) is 25.3 Å². The molecule has 2 heterocycles. The summed E-state index contributed by atoms with van der Waals surface area (Å²) in [7, 11) is 0. The molecule has 4 nitrogen and oxygen atoms in total. The number of carbonyl (C=O) groups is 1. The fraction of sp³-hybridized carbons (Fsp3) is 0.538. The molecule has 2 unspecified atom stereocenters. The number of amides is 1. The second-order valence-electron chi connectivity index (χ2n) is 4.67. The molecule has 1 aromatic heterocycles. The first-order valence-electron chi connectivity index (χ1n) is 6.13. The number of likely N-dealkylation sites (tertiary alicyclic amines) is 1. The summed E-state index contributed by atoms with van der Waals surface area (Å²) in [5, 5.41) is 12.2. The molecule has 1 fully saturated rings. The zero-order chi connectivity index (χ0) is 13.1. The van der Waals surface area contributed by atoms with Crippen molar-refractivity contribution < 1.29 is 9.90 Å². The van der Waals surface area contributed by atoms with E-state index in [1.165, 1.54) is 0 Å². The van der Waals surface area contributed by atoms with Crippen LogP contribution in [0.25, 0.3) is 6.08 Å². The van der Waals surface area contributed by atoms with Crippen LogP contribution < -0.4 is 0 Å². The third-order valence-corrected chi connectivity index (χ3v) is 4.18. The van der Waals surface area contributed by atoms with Crippen molar-refractivity contribution in [2.75, 3.05) is 13.2 Å². The highest BCUT2D eigenvalue weighted by molar-refractivity contribution is 7.09. The number of rotatable bonds is 3.